The molecule has 1 N–H and O–H groups in total. The zero-order chi connectivity index (χ0) is 13.0. The van der Waals surface area contributed by atoms with Crippen LogP contribution in [0, 0.1) is 11.3 Å². The quantitative estimate of drug-likeness (QED) is 0.891. The standard InChI is InChI=1S/C15H22N2O/c1-15(2)8-4-3-7-13(15)14(18)17-11-12-6-5-9-16-10-12/h5-6,9-10,13H,3-4,7-8,11H2,1-2H3,(H,17,18). The molecule has 0 bridgehead atoms. The Labute approximate surface area is 109 Å². The van der Waals surface area contributed by atoms with Crippen LogP contribution in [0.2, 0.25) is 0 Å². The maximum absolute atomic E-state index is 12.3. The fraction of sp³-hybridized carbons (Fsp3) is 0.600. The van der Waals surface area contributed by atoms with Gasteiger partial charge in [0.1, 0.15) is 0 Å². The highest BCUT2D eigenvalue weighted by Crippen LogP contribution is 2.40. The van der Waals surface area contributed by atoms with Crippen LogP contribution >= 0.6 is 0 Å². The van der Waals surface area contributed by atoms with Gasteiger partial charge in [0, 0.05) is 24.9 Å². The average Bonchev–Trinajstić information content (AvgIpc) is 2.37. The number of aromatic nitrogens is 1. The smallest absolute Gasteiger partial charge is 0.223 e. The van der Waals surface area contributed by atoms with Crippen LogP contribution in [0.4, 0.5) is 0 Å². The Hall–Kier alpha value is -1.38. The van der Waals surface area contributed by atoms with Gasteiger partial charge in [0.2, 0.25) is 5.91 Å². The van der Waals surface area contributed by atoms with Crippen molar-refractivity contribution in [2.45, 2.75) is 46.1 Å². The van der Waals surface area contributed by atoms with Crippen molar-refractivity contribution in [3.63, 3.8) is 0 Å². The van der Waals surface area contributed by atoms with Crippen molar-refractivity contribution in [3.8, 4) is 0 Å². The minimum atomic E-state index is 0.136. The van der Waals surface area contributed by atoms with E-state index in [0.717, 1.165) is 18.4 Å². The molecule has 2 rings (SSSR count). The van der Waals surface area contributed by atoms with E-state index < -0.39 is 0 Å². The molecule has 1 fully saturated rings. The third kappa shape index (κ3) is 3.09. The molecule has 3 nitrogen and oxygen atoms in total. The largest absolute Gasteiger partial charge is 0.352 e. The predicted octanol–water partition coefficient (Wildman–Crippen LogP) is 2.91. The number of rotatable bonds is 3. The summed E-state index contributed by atoms with van der Waals surface area (Å²) in [5.41, 5.74) is 1.19. The third-order valence-electron chi connectivity index (χ3n) is 4.01. The molecule has 1 heterocycles. The third-order valence-corrected chi connectivity index (χ3v) is 4.01. The summed E-state index contributed by atoms with van der Waals surface area (Å²) >= 11 is 0. The monoisotopic (exact) mass is 246 g/mol. The summed E-state index contributed by atoms with van der Waals surface area (Å²) in [5.74, 6) is 0.353. The number of nitrogens with zero attached hydrogens (tertiary/aromatic N) is 1. The lowest BCUT2D eigenvalue weighted by molar-refractivity contribution is -0.130. The summed E-state index contributed by atoms with van der Waals surface area (Å²) in [7, 11) is 0. The van der Waals surface area contributed by atoms with Gasteiger partial charge in [0.25, 0.3) is 0 Å². The number of hydrogen-bond donors (Lipinski definition) is 1. The van der Waals surface area contributed by atoms with E-state index in [1.54, 1.807) is 12.4 Å². The zero-order valence-corrected chi connectivity index (χ0v) is 11.3. The van der Waals surface area contributed by atoms with E-state index in [4.69, 9.17) is 0 Å². The summed E-state index contributed by atoms with van der Waals surface area (Å²) in [5, 5.41) is 3.05. The van der Waals surface area contributed by atoms with Gasteiger partial charge in [-0.2, -0.15) is 0 Å². The predicted molar refractivity (Wildman–Crippen MR) is 71.8 cm³/mol. The fourth-order valence-corrected chi connectivity index (χ4v) is 2.80. The fourth-order valence-electron chi connectivity index (χ4n) is 2.80. The summed E-state index contributed by atoms with van der Waals surface area (Å²) in [6.45, 7) is 5.00. The number of carbonyl (C=O) groups excluding carboxylic acids is 1. The van der Waals surface area contributed by atoms with Gasteiger partial charge in [-0.05, 0) is 29.9 Å². The van der Waals surface area contributed by atoms with Crippen molar-refractivity contribution in [2.24, 2.45) is 11.3 Å². The molecular formula is C15H22N2O. The Bertz CT molecular complexity index is 400. The van der Waals surface area contributed by atoms with Gasteiger partial charge >= 0.3 is 0 Å². The van der Waals surface area contributed by atoms with E-state index in [1.165, 1.54) is 12.8 Å². The van der Waals surface area contributed by atoms with Crippen LogP contribution in [0.25, 0.3) is 0 Å². The van der Waals surface area contributed by atoms with Crippen LogP contribution in [0.15, 0.2) is 24.5 Å². The summed E-state index contributed by atoms with van der Waals surface area (Å²) in [6.07, 6.45) is 8.14. The molecule has 1 atom stereocenters. The van der Waals surface area contributed by atoms with Crippen LogP contribution in [0.1, 0.15) is 45.1 Å². The molecule has 1 aromatic heterocycles. The van der Waals surface area contributed by atoms with Gasteiger partial charge in [-0.1, -0.05) is 32.8 Å². The minimum Gasteiger partial charge on any atom is -0.352 e. The molecule has 1 aromatic rings. The van der Waals surface area contributed by atoms with E-state index in [1.807, 2.05) is 12.1 Å². The van der Waals surface area contributed by atoms with Gasteiger partial charge in [-0.15, -0.1) is 0 Å². The lowest BCUT2D eigenvalue weighted by Gasteiger charge is -2.37. The summed E-state index contributed by atoms with van der Waals surface area (Å²) in [6, 6.07) is 3.88. The van der Waals surface area contributed by atoms with Gasteiger partial charge < -0.3 is 5.32 Å². The van der Waals surface area contributed by atoms with Gasteiger partial charge in [0.15, 0.2) is 0 Å². The first-order valence-electron chi connectivity index (χ1n) is 6.76. The molecule has 3 heteroatoms. The number of amides is 1. The van der Waals surface area contributed by atoms with E-state index in [2.05, 4.69) is 24.1 Å². The summed E-state index contributed by atoms with van der Waals surface area (Å²) in [4.78, 5) is 16.3. The highest BCUT2D eigenvalue weighted by Gasteiger charge is 2.36. The molecule has 0 spiro atoms. The van der Waals surface area contributed by atoms with Crippen LogP contribution in [0.3, 0.4) is 0 Å². The van der Waals surface area contributed by atoms with Gasteiger partial charge in [-0.25, -0.2) is 0 Å². The highest BCUT2D eigenvalue weighted by atomic mass is 16.1. The molecule has 1 amide bonds. The molecule has 1 saturated carbocycles. The zero-order valence-electron chi connectivity index (χ0n) is 11.3. The lowest BCUT2D eigenvalue weighted by atomic mass is 9.68. The lowest BCUT2D eigenvalue weighted by Crippen LogP contribution is -2.40. The Morgan fingerprint density at radius 1 is 1.50 bits per heavy atom. The van der Waals surface area contributed by atoms with Crippen molar-refractivity contribution in [1.29, 1.82) is 0 Å². The number of carbonyl (C=O) groups is 1. The van der Waals surface area contributed by atoms with Gasteiger partial charge in [-0.3, -0.25) is 9.78 Å². The first-order valence-corrected chi connectivity index (χ1v) is 6.76. The van der Waals surface area contributed by atoms with E-state index in [0.29, 0.717) is 6.54 Å². The van der Waals surface area contributed by atoms with Crippen molar-refractivity contribution in [1.82, 2.24) is 10.3 Å². The normalized spacial score (nSPS) is 22.4. The maximum Gasteiger partial charge on any atom is 0.223 e. The first kappa shape index (κ1) is 13.1. The van der Waals surface area contributed by atoms with E-state index in [-0.39, 0.29) is 17.2 Å². The Morgan fingerprint density at radius 2 is 2.33 bits per heavy atom. The van der Waals surface area contributed by atoms with E-state index in [9.17, 15) is 4.79 Å². The molecule has 18 heavy (non-hydrogen) atoms. The summed E-state index contributed by atoms with van der Waals surface area (Å²) < 4.78 is 0. The van der Waals surface area contributed by atoms with Crippen LogP contribution in [-0.4, -0.2) is 10.9 Å². The van der Waals surface area contributed by atoms with Gasteiger partial charge in [0.05, 0.1) is 0 Å². The highest BCUT2D eigenvalue weighted by molar-refractivity contribution is 5.79. The number of pyridine rings is 1. The van der Waals surface area contributed by atoms with Crippen LogP contribution in [-0.2, 0) is 11.3 Å². The molecule has 98 valence electrons. The molecule has 1 unspecified atom stereocenters. The number of hydrogen-bond acceptors (Lipinski definition) is 2. The number of nitrogens with one attached hydrogen (secondary N) is 1. The second-order valence-electron chi connectivity index (χ2n) is 5.87. The molecule has 0 aliphatic heterocycles. The molecule has 0 radical (unpaired) electrons. The Kier molecular flexibility index (Phi) is 4.00. The minimum absolute atomic E-state index is 0.136. The molecule has 0 saturated heterocycles. The van der Waals surface area contributed by atoms with Crippen molar-refractivity contribution in [2.75, 3.05) is 0 Å². The van der Waals surface area contributed by atoms with E-state index >= 15 is 0 Å². The van der Waals surface area contributed by atoms with Crippen LogP contribution < -0.4 is 5.32 Å². The molecule has 1 aliphatic carbocycles. The second-order valence-corrected chi connectivity index (χ2v) is 5.87. The van der Waals surface area contributed by atoms with Crippen molar-refractivity contribution in [3.05, 3.63) is 30.1 Å². The Morgan fingerprint density at radius 3 is 3.00 bits per heavy atom. The molecule has 1 aliphatic rings. The average molecular weight is 246 g/mol. The first-order chi connectivity index (χ1) is 8.59. The molecular weight excluding hydrogens is 224 g/mol. The topological polar surface area (TPSA) is 42.0 Å². The van der Waals surface area contributed by atoms with Crippen molar-refractivity contribution >= 4 is 5.91 Å². The van der Waals surface area contributed by atoms with Crippen molar-refractivity contribution < 1.29 is 4.79 Å². The second kappa shape index (κ2) is 5.51. The van der Waals surface area contributed by atoms with Crippen LogP contribution in [0.5, 0.6) is 0 Å². The Balaban J connectivity index is 1.91. The maximum atomic E-state index is 12.3. The SMILES string of the molecule is CC1(C)CCCCC1C(=O)NCc1cccnc1. The molecule has 0 aromatic carbocycles.